The Morgan fingerprint density at radius 2 is 1.92 bits per heavy atom. The second kappa shape index (κ2) is 8.20. The molecule has 1 amide bonds. The number of nitrogens with two attached hydrogens (primary N) is 1. The van der Waals surface area contributed by atoms with Crippen LogP contribution in [0.3, 0.4) is 0 Å². The normalized spacial score (nSPS) is 15.2. The van der Waals surface area contributed by atoms with E-state index in [9.17, 15) is 18.0 Å². The van der Waals surface area contributed by atoms with E-state index in [-0.39, 0.29) is 23.2 Å². The first-order valence-electron chi connectivity index (χ1n) is 11.7. The number of nitrogen functional groups attached to an aromatic ring is 1. The van der Waals surface area contributed by atoms with Crippen LogP contribution in [0.2, 0.25) is 0 Å². The topological polar surface area (TPSA) is 104 Å². The van der Waals surface area contributed by atoms with Crippen molar-refractivity contribution in [2.75, 3.05) is 19.4 Å². The second-order valence-electron chi connectivity index (χ2n) is 9.27. The first-order chi connectivity index (χ1) is 18.0. The van der Waals surface area contributed by atoms with E-state index in [1.165, 1.54) is 0 Å². The Labute approximate surface area is 214 Å². The summed E-state index contributed by atoms with van der Waals surface area (Å²) in [5.41, 5.74) is 11.1. The third-order valence-electron chi connectivity index (χ3n) is 6.90. The molecule has 1 atom stereocenters. The molecule has 38 heavy (non-hydrogen) atoms. The summed E-state index contributed by atoms with van der Waals surface area (Å²) in [5.74, 6) is 1.40. The van der Waals surface area contributed by atoms with Gasteiger partial charge in [0.1, 0.15) is 29.5 Å². The molecule has 0 radical (unpaired) electrons. The average molecular weight is 522 g/mol. The number of carbonyl (C=O) groups excluding carboxylic acids is 1. The minimum absolute atomic E-state index is 0.0422. The van der Waals surface area contributed by atoms with Crippen molar-refractivity contribution in [3.05, 3.63) is 71.4 Å². The molecule has 1 unspecified atom stereocenters. The first kappa shape index (κ1) is 23.8. The standard InChI is InChI=1S/C26H22F3N7O2/c1-13-23-24(30)33-19-7-5-16(8-20(19)36(23)14(2)32-13)25(37)34(3)21-12-38-22-9-15(4-6-18(21)22)17-10-31-35(11-17)26(27,28)29/h4-11,21H,12H2,1-3H3,(H2,30,33). The lowest BCUT2D eigenvalue weighted by Gasteiger charge is -2.24. The molecule has 6 rings (SSSR count). The summed E-state index contributed by atoms with van der Waals surface area (Å²) < 4.78 is 46.5. The summed E-state index contributed by atoms with van der Waals surface area (Å²) in [4.78, 5) is 24.1. The lowest BCUT2D eigenvalue weighted by atomic mass is 10.0. The third-order valence-corrected chi connectivity index (χ3v) is 6.90. The molecule has 0 bridgehead atoms. The largest absolute Gasteiger partial charge is 0.504 e. The van der Waals surface area contributed by atoms with Crippen LogP contribution in [0.4, 0.5) is 19.0 Å². The number of alkyl halides is 3. The van der Waals surface area contributed by atoms with Crippen molar-refractivity contribution >= 4 is 28.3 Å². The molecule has 0 saturated heterocycles. The predicted molar refractivity (Wildman–Crippen MR) is 134 cm³/mol. The second-order valence-corrected chi connectivity index (χ2v) is 9.27. The number of amides is 1. The molecule has 2 N–H and O–H groups in total. The van der Waals surface area contributed by atoms with E-state index >= 15 is 0 Å². The zero-order valence-corrected chi connectivity index (χ0v) is 20.6. The van der Waals surface area contributed by atoms with Crippen molar-refractivity contribution < 1.29 is 22.7 Å². The van der Waals surface area contributed by atoms with Crippen molar-refractivity contribution in [3.8, 4) is 16.9 Å². The molecular formula is C26H22F3N7O2. The molecule has 1 aliphatic heterocycles. The van der Waals surface area contributed by atoms with Gasteiger partial charge in [-0.25, -0.2) is 9.97 Å². The van der Waals surface area contributed by atoms with Crippen molar-refractivity contribution in [2.45, 2.75) is 26.2 Å². The summed E-state index contributed by atoms with van der Waals surface area (Å²) >= 11 is 0. The molecule has 0 aliphatic carbocycles. The summed E-state index contributed by atoms with van der Waals surface area (Å²) in [6.07, 6.45) is -2.52. The van der Waals surface area contributed by atoms with Gasteiger partial charge in [-0.1, -0.05) is 12.1 Å². The highest BCUT2D eigenvalue weighted by molar-refractivity contribution is 5.98. The highest BCUT2D eigenvalue weighted by Crippen LogP contribution is 2.39. The van der Waals surface area contributed by atoms with Crippen LogP contribution >= 0.6 is 0 Å². The molecule has 0 fully saturated rings. The van der Waals surface area contributed by atoms with Gasteiger partial charge in [0, 0.05) is 29.9 Å². The number of benzene rings is 2. The summed E-state index contributed by atoms with van der Waals surface area (Å²) in [5, 5.41) is 3.39. The van der Waals surface area contributed by atoms with Crippen LogP contribution < -0.4 is 10.5 Å². The fraction of sp³-hybridized carbons (Fsp3) is 0.231. The van der Waals surface area contributed by atoms with Gasteiger partial charge < -0.3 is 15.4 Å². The monoisotopic (exact) mass is 521 g/mol. The lowest BCUT2D eigenvalue weighted by molar-refractivity contribution is -0.212. The number of hydrogen-bond acceptors (Lipinski definition) is 6. The number of imidazole rings is 1. The van der Waals surface area contributed by atoms with Gasteiger partial charge in [0.25, 0.3) is 5.91 Å². The maximum Gasteiger partial charge on any atom is 0.504 e. The van der Waals surface area contributed by atoms with Crippen LogP contribution in [0, 0.1) is 13.8 Å². The number of ether oxygens (including phenoxy) is 1. The molecule has 1 aliphatic rings. The van der Waals surface area contributed by atoms with Gasteiger partial charge in [0.2, 0.25) is 0 Å². The Morgan fingerprint density at radius 1 is 1.13 bits per heavy atom. The van der Waals surface area contributed by atoms with E-state index in [0.717, 1.165) is 35.0 Å². The van der Waals surface area contributed by atoms with Gasteiger partial charge in [0.15, 0.2) is 0 Å². The van der Waals surface area contributed by atoms with Gasteiger partial charge in [-0.2, -0.15) is 9.78 Å². The van der Waals surface area contributed by atoms with E-state index in [1.807, 2.05) is 18.2 Å². The molecule has 0 spiro atoms. The van der Waals surface area contributed by atoms with E-state index in [1.54, 1.807) is 48.3 Å². The molecule has 12 heteroatoms. The van der Waals surface area contributed by atoms with Gasteiger partial charge in [-0.15, -0.1) is 13.2 Å². The molecule has 0 saturated carbocycles. The van der Waals surface area contributed by atoms with Crippen LogP contribution in [-0.4, -0.2) is 48.6 Å². The average Bonchev–Trinajstić information content (AvgIpc) is 3.60. The summed E-state index contributed by atoms with van der Waals surface area (Å²) in [6, 6.07) is 10.00. The van der Waals surface area contributed by atoms with Crippen LogP contribution in [0.25, 0.3) is 27.7 Å². The number of nitrogens with zero attached hydrogens (tertiary/aromatic N) is 6. The lowest BCUT2D eigenvalue weighted by Crippen LogP contribution is -2.32. The third kappa shape index (κ3) is 3.63. The van der Waals surface area contributed by atoms with Crippen molar-refractivity contribution in [1.29, 1.82) is 0 Å². The molecular weight excluding hydrogens is 499 g/mol. The minimum Gasteiger partial charge on any atom is -0.491 e. The van der Waals surface area contributed by atoms with Crippen molar-refractivity contribution in [3.63, 3.8) is 0 Å². The number of rotatable bonds is 3. The molecule has 3 aromatic heterocycles. The number of anilines is 1. The quantitative estimate of drug-likeness (QED) is 0.372. The summed E-state index contributed by atoms with van der Waals surface area (Å²) in [7, 11) is 1.69. The Kier molecular flexibility index (Phi) is 5.13. The highest BCUT2D eigenvalue weighted by atomic mass is 19.4. The van der Waals surface area contributed by atoms with Crippen LogP contribution in [0.15, 0.2) is 48.8 Å². The number of fused-ring (bicyclic) bond motifs is 4. The first-order valence-corrected chi connectivity index (χ1v) is 11.7. The van der Waals surface area contributed by atoms with Gasteiger partial charge in [-0.05, 0) is 43.7 Å². The number of likely N-dealkylation sites (N-methyl/N-ethyl adjacent to an activating group) is 1. The molecule has 5 aromatic rings. The Bertz CT molecular complexity index is 1760. The smallest absolute Gasteiger partial charge is 0.491 e. The molecule has 9 nitrogen and oxygen atoms in total. The Morgan fingerprint density at radius 3 is 2.66 bits per heavy atom. The number of aromatic nitrogens is 5. The highest BCUT2D eigenvalue weighted by Gasteiger charge is 2.33. The Balaban J connectivity index is 1.31. The summed E-state index contributed by atoms with van der Waals surface area (Å²) in [6.45, 7) is 3.95. The minimum atomic E-state index is -4.59. The van der Waals surface area contributed by atoms with Crippen LogP contribution in [-0.2, 0) is 6.30 Å². The van der Waals surface area contributed by atoms with Gasteiger partial charge in [0.05, 0.1) is 29.0 Å². The van der Waals surface area contributed by atoms with E-state index in [0.29, 0.717) is 39.3 Å². The van der Waals surface area contributed by atoms with Gasteiger partial charge in [-0.3, -0.25) is 9.20 Å². The molecule has 2 aromatic carbocycles. The number of carbonyl (C=O) groups is 1. The number of hydrogen-bond donors (Lipinski definition) is 1. The number of halogens is 3. The number of aryl methyl sites for hydroxylation is 2. The zero-order valence-electron chi connectivity index (χ0n) is 20.6. The zero-order chi connectivity index (χ0) is 26.9. The molecule has 194 valence electrons. The maximum absolute atomic E-state index is 13.5. The molecule has 4 heterocycles. The maximum atomic E-state index is 13.5. The van der Waals surface area contributed by atoms with E-state index in [2.05, 4.69) is 15.1 Å². The van der Waals surface area contributed by atoms with Crippen LogP contribution in [0.5, 0.6) is 5.75 Å². The fourth-order valence-electron chi connectivity index (χ4n) is 5.03. The SMILES string of the molecule is Cc1nc(C)n2c1c(N)nc1ccc(C(=O)N(C)C3COc4cc(-c5cnn(C(F)(F)F)c5)ccc43)cc12. The van der Waals surface area contributed by atoms with Crippen LogP contribution in [0.1, 0.15) is 33.5 Å². The fourth-order valence-corrected chi connectivity index (χ4v) is 5.03. The van der Waals surface area contributed by atoms with Crippen molar-refractivity contribution in [2.24, 2.45) is 0 Å². The predicted octanol–water partition coefficient (Wildman–Crippen LogP) is 4.63. The van der Waals surface area contributed by atoms with E-state index < -0.39 is 6.30 Å². The Hall–Kier alpha value is -4.61. The van der Waals surface area contributed by atoms with Crippen molar-refractivity contribution in [1.82, 2.24) is 29.0 Å². The van der Waals surface area contributed by atoms with E-state index in [4.69, 9.17) is 10.5 Å². The van der Waals surface area contributed by atoms with Gasteiger partial charge >= 0.3 is 6.30 Å².